The molecular weight excluding hydrogens is 559 g/mol. The van der Waals surface area contributed by atoms with Crippen molar-refractivity contribution >= 4 is 46.8 Å². The van der Waals surface area contributed by atoms with Crippen molar-refractivity contribution in [2.45, 2.75) is 81.1 Å². The molecule has 2 saturated heterocycles. The number of hydrogen-bond acceptors (Lipinski definition) is 10. The average molecular weight is 596 g/mol. The average Bonchev–Trinajstić information content (AvgIpc) is 3.33. The van der Waals surface area contributed by atoms with E-state index in [1.54, 1.807) is 0 Å². The Kier molecular flexibility index (Phi) is 12.0. The van der Waals surface area contributed by atoms with Crippen LogP contribution in [0.4, 0.5) is 0 Å². The van der Waals surface area contributed by atoms with Crippen LogP contribution in [0.1, 0.15) is 43.5 Å². The minimum atomic E-state index is -1.58. The third-order valence-electron chi connectivity index (χ3n) is 6.72. The number of esters is 1. The summed E-state index contributed by atoms with van der Waals surface area (Å²) in [5.41, 5.74) is -0.831. The van der Waals surface area contributed by atoms with E-state index in [4.69, 9.17) is 32.7 Å². The number of amides is 1. The summed E-state index contributed by atoms with van der Waals surface area (Å²) in [5, 5.41) is 48.6. The van der Waals surface area contributed by atoms with Crippen LogP contribution >= 0.6 is 35.0 Å². The van der Waals surface area contributed by atoms with Crippen molar-refractivity contribution < 1.29 is 39.5 Å². The molecule has 0 saturated carbocycles. The summed E-state index contributed by atoms with van der Waals surface area (Å²) in [5.74, 6) is -0.386. The Morgan fingerprint density at radius 2 is 1.87 bits per heavy atom. The molecular formula is C25H36Cl2N2O8S. The SMILES string of the molecule is CCC[C@H]1CN[C@H](C(=O)N[C@@H]([C@H]2O[C@H](SCCOC(=O)c3cc(Cl)cc(Cl)c3)[C@H](O)[C@@H](O)[C@H]2O)[C@@H](C)O)C1. The summed E-state index contributed by atoms with van der Waals surface area (Å²) in [6.07, 6.45) is -4.22. The van der Waals surface area contributed by atoms with Crippen LogP contribution in [0.25, 0.3) is 0 Å². The van der Waals surface area contributed by atoms with Gasteiger partial charge in [0.05, 0.1) is 23.8 Å². The van der Waals surface area contributed by atoms with Gasteiger partial charge in [-0.05, 0) is 50.4 Å². The van der Waals surface area contributed by atoms with Crippen molar-refractivity contribution in [1.82, 2.24) is 10.6 Å². The van der Waals surface area contributed by atoms with E-state index in [2.05, 4.69) is 17.6 Å². The van der Waals surface area contributed by atoms with E-state index in [0.717, 1.165) is 31.1 Å². The number of nitrogens with one attached hydrogen (secondary N) is 2. The quantitative estimate of drug-likeness (QED) is 0.163. The molecule has 10 nitrogen and oxygen atoms in total. The minimum Gasteiger partial charge on any atom is -0.461 e. The zero-order chi connectivity index (χ0) is 28.0. The number of carbonyl (C=O) groups is 2. The molecule has 0 aromatic heterocycles. The molecule has 2 heterocycles. The molecule has 6 N–H and O–H groups in total. The van der Waals surface area contributed by atoms with Gasteiger partial charge in [0.15, 0.2) is 0 Å². The van der Waals surface area contributed by atoms with Crippen molar-refractivity contribution in [2.75, 3.05) is 18.9 Å². The largest absolute Gasteiger partial charge is 0.461 e. The van der Waals surface area contributed by atoms with E-state index in [0.29, 0.717) is 22.4 Å². The first kappa shape index (κ1) is 31.4. The number of carbonyl (C=O) groups excluding carboxylic acids is 2. The standard InChI is InChI=1S/C25H36Cl2N2O8S/c1-3-4-13-7-17(28-11-13)23(34)29-18(12(2)30)22-20(32)19(31)21(33)25(37-22)38-6-5-36-24(35)14-8-15(26)10-16(27)9-14/h8-10,12-13,17-22,25,28,30-33H,3-7,11H2,1-2H3,(H,29,34)/t12-,13-,17+,18-,19+,20-,21-,22-,25-/m1/s1. The number of rotatable bonds is 11. The molecule has 13 heteroatoms. The highest BCUT2D eigenvalue weighted by Crippen LogP contribution is 2.31. The predicted octanol–water partition coefficient (Wildman–Crippen LogP) is 1.33. The van der Waals surface area contributed by atoms with Crippen molar-refractivity contribution in [3.05, 3.63) is 33.8 Å². The number of ether oxygens (including phenoxy) is 2. The molecule has 0 aliphatic carbocycles. The lowest BCUT2D eigenvalue weighted by Gasteiger charge is -2.44. The molecule has 0 unspecified atom stereocenters. The first-order valence-electron chi connectivity index (χ1n) is 12.7. The number of aliphatic hydroxyl groups excluding tert-OH is 4. The fourth-order valence-corrected chi connectivity index (χ4v) is 6.24. The summed E-state index contributed by atoms with van der Waals surface area (Å²) < 4.78 is 11.1. The first-order valence-corrected chi connectivity index (χ1v) is 14.5. The molecule has 0 radical (unpaired) electrons. The third kappa shape index (κ3) is 8.18. The zero-order valence-corrected chi connectivity index (χ0v) is 23.6. The summed E-state index contributed by atoms with van der Waals surface area (Å²) in [7, 11) is 0. The number of aliphatic hydroxyl groups is 4. The monoisotopic (exact) mass is 594 g/mol. The van der Waals surface area contributed by atoms with Crippen LogP contribution in [-0.2, 0) is 14.3 Å². The van der Waals surface area contributed by atoms with Crippen molar-refractivity contribution in [1.29, 1.82) is 0 Å². The van der Waals surface area contributed by atoms with Crippen molar-refractivity contribution in [2.24, 2.45) is 5.92 Å². The zero-order valence-electron chi connectivity index (χ0n) is 21.3. The molecule has 38 heavy (non-hydrogen) atoms. The van der Waals surface area contributed by atoms with Gasteiger partial charge < -0.3 is 40.5 Å². The number of hydrogen-bond donors (Lipinski definition) is 6. The Hall–Kier alpha value is -1.15. The van der Waals surface area contributed by atoms with E-state index >= 15 is 0 Å². The molecule has 1 aromatic rings. The second-order valence-corrected chi connectivity index (χ2v) is 11.8. The van der Waals surface area contributed by atoms with E-state index in [1.807, 2.05) is 0 Å². The van der Waals surface area contributed by atoms with Crippen LogP contribution < -0.4 is 10.6 Å². The van der Waals surface area contributed by atoms with Gasteiger partial charge in [-0.25, -0.2) is 4.79 Å². The van der Waals surface area contributed by atoms with E-state index in [1.165, 1.54) is 25.1 Å². The first-order chi connectivity index (χ1) is 18.0. The van der Waals surface area contributed by atoms with Gasteiger partial charge in [-0.3, -0.25) is 4.79 Å². The van der Waals surface area contributed by atoms with Crippen LogP contribution in [-0.4, -0.2) is 99.2 Å². The van der Waals surface area contributed by atoms with E-state index in [-0.39, 0.29) is 23.8 Å². The van der Waals surface area contributed by atoms with E-state index < -0.39 is 54.0 Å². The summed E-state index contributed by atoms with van der Waals surface area (Å²) in [6.45, 7) is 4.22. The second-order valence-electron chi connectivity index (χ2n) is 9.73. The normalized spacial score (nSPS) is 31.0. The molecule has 9 atom stereocenters. The van der Waals surface area contributed by atoms with Crippen LogP contribution in [0.3, 0.4) is 0 Å². The molecule has 0 spiro atoms. The predicted molar refractivity (Wildman–Crippen MR) is 144 cm³/mol. The molecule has 214 valence electrons. The van der Waals surface area contributed by atoms with Crippen molar-refractivity contribution in [3.8, 4) is 0 Å². The summed E-state index contributed by atoms with van der Waals surface area (Å²) in [4.78, 5) is 25.2. The molecule has 2 aliphatic rings. The van der Waals surface area contributed by atoms with Gasteiger partial charge in [-0.2, -0.15) is 0 Å². The maximum atomic E-state index is 12.9. The lowest BCUT2D eigenvalue weighted by atomic mass is 9.92. The minimum absolute atomic E-state index is 0.0492. The third-order valence-corrected chi connectivity index (χ3v) is 8.28. The van der Waals surface area contributed by atoms with Gasteiger partial charge in [0, 0.05) is 15.8 Å². The van der Waals surface area contributed by atoms with E-state index in [9.17, 15) is 30.0 Å². The Morgan fingerprint density at radius 3 is 2.50 bits per heavy atom. The molecule has 1 aromatic carbocycles. The Labute approximate surface area is 236 Å². The fraction of sp³-hybridized carbons (Fsp3) is 0.680. The van der Waals surface area contributed by atoms with Gasteiger partial charge in [0.25, 0.3) is 0 Å². The highest BCUT2D eigenvalue weighted by molar-refractivity contribution is 7.99. The van der Waals surface area contributed by atoms with Gasteiger partial charge in [-0.1, -0.05) is 36.5 Å². The second kappa shape index (κ2) is 14.5. The van der Waals surface area contributed by atoms with Gasteiger partial charge in [0.1, 0.15) is 36.5 Å². The smallest absolute Gasteiger partial charge is 0.338 e. The Morgan fingerprint density at radius 1 is 1.18 bits per heavy atom. The fourth-order valence-electron chi connectivity index (χ4n) is 4.74. The lowest BCUT2D eigenvalue weighted by molar-refractivity contribution is -0.211. The molecule has 0 bridgehead atoms. The maximum absolute atomic E-state index is 12.9. The topological polar surface area (TPSA) is 158 Å². The lowest BCUT2D eigenvalue weighted by Crippen LogP contribution is -2.65. The summed E-state index contributed by atoms with van der Waals surface area (Å²) in [6, 6.07) is 2.87. The van der Waals surface area contributed by atoms with Crippen LogP contribution in [0.5, 0.6) is 0 Å². The molecule has 2 fully saturated rings. The van der Waals surface area contributed by atoms with Gasteiger partial charge in [-0.15, -0.1) is 11.8 Å². The van der Waals surface area contributed by atoms with Gasteiger partial charge >= 0.3 is 5.97 Å². The van der Waals surface area contributed by atoms with Crippen LogP contribution in [0, 0.1) is 5.92 Å². The number of benzene rings is 1. The molecule has 1 amide bonds. The Balaban J connectivity index is 1.57. The highest BCUT2D eigenvalue weighted by Gasteiger charge is 2.48. The molecule has 2 aliphatic heterocycles. The maximum Gasteiger partial charge on any atom is 0.338 e. The van der Waals surface area contributed by atoms with Crippen LogP contribution in [0.15, 0.2) is 18.2 Å². The number of halogens is 2. The Bertz CT molecular complexity index is 938. The van der Waals surface area contributed by atoms with Gasteiger partial charge in [0.2, 0.25) is 5.91 Å². The molecule has 3 rings (SSSR count). The van der Waals surface area contributed by atoms with Crippen LogP contribution in [0.2, 0.25) is 10.0 Å². The number of thioether (sulfide) groups is 1. The highest BCUT2D eigenvalue weighted by atomic mass is 35.5. The van der Waals surface area contributed by atoms with Crippen molar-refractivity contribution in [3.63, 3.8) is 0 Å². The summed E-state index contributed by atoms with van der Waals surface area (Å²) >= 11 is 12.9.